The molecule has 0 atom stereocenters. The van der Waals surface area contributed by atoms with Gasteiger partial charge in [-0.25, -0.2) is 4.39 Å². The summed E-state index contributed by atoms with van der Waals surface area (Å²) in [6.45, 7) is 5.43. The predicted octanol–water partition coefficient (Wildman–Crippen LogP) is 3.59. The Labute approximate surface area is 190 Å². The standard InChI is InChI=1S/C25H26FN5O2/c26-20-16-19-4-3-5-21(24(19)27-17-20)31-13-11-30(12-14-31)10-1-2-15-33-23-9-7-18-6-8-22(32)28-25(18)29-23/h3-9,16-17H,1-2,10-15H2,(H,28,29,32). The maximum atomic E-state index is 13.5. The summed E-state index contributed by atoms with van der Waals surface area (Å²) in [5.74, 6) is 0.223. The molecule has 1 N–H and O–H groups in total. The third kappa shape index (κ3) is 4.96. The van der Waals surface area contributed by atoms with Crippen LogP contribution in [0.3, 0.4) is 0 Å². The Morgan fingerprint density at radius 3 is 2.73 bits per heavy atom. The lowest BCUT2D eigenvalue weighted by Gasteiger charge is -2.36. The molecule has 1 aliphatic rings. The molecule has 4 heterocycles. The second-order valence-corrected chi connectivity index (χ2v) is 8.30. The number of fused-ring (bicyclic) bond motifs is 2. The van der Waals surface area contributed by atoms with Gasteiger partial charge in [0.2, 0.25) is 11.4 Å². The van der Waals surface area contributed by atoms with Crippen molar-refractivity contribution in [3.05, 3.63) is 70.9 Å². The van der Waals surface area contributed by atoms with Crippen LogP contribution in [-0.2, 0) is 0 Å². The summed E-state index contributed by atoms with van der Waals surface area (Å²) in [5.41, 5.74) is 2.31. The van der Waals surface area contributed by atoms with Gasteiger partial charge < -0.3 is 14.6 Å². The number of aromatic amines is 1. The van der Waals surface area contributed by atoms with Crippen molar-refractivity contribution in [3.63, 3.8) is 0 Å². The van der Waals surface area contributed by atoms with E-state index in [1.165, 1.54) is 18.3 Å². The smallest absolute Gasteiger partial charge is 0.249 e. The number of halogens is 1. The van der Waals surface area contributed by atoms with Gasteiger partial charge in [-0.3, -0.25) is 14.7 Å². The highest BCUT2D eigenvalue weighted by Gasteiger charge is 2.19. The van der Waals surface area contributed by atoms with Crippen LogP contribution in [0.2, 0.25) is 0 Å². The average molecular weight is 448 g/mol. The molecule has 8 heteroatoms. The number of unbranched alkanes of at least 4 members (excludes halogenated alkanes) is 1. The van der Waals surface area contributed by atoms with Crippen molar-refractivity contribution >= 4 is 27.6 Å². The molecule has 0 unspecified atom stereocenters. The van der Waals surface area contributed by atoms with E-state index in [1.54, 1.807) is 6.07 Å². The van der Waals surface area contributed by atoms with Crippen molar-refractivity contribution in [1.29, 1.82) is 0 Å². The molecule has 0 saturated carbocycles. The normalized spacial score (nSPS) is 14.8. The van der Waals surface area contributed by atoms with Gasteiger partial charge in [-0.2, -0.15) is 4.98 Å². The topological polar surface area (TPSA) is 74.3 Å². The first-order valence-electron chi connectivity index (χ1n) is 11.3. The molecule has 170 valence electrons. The minimum atomic E-state index is -0.306. The Balaban J connectivity index is 1.07. The molecule has 7 nitrogen and oxygen atoms in total. The summed E-state index contributed by atoms with van der Waals surface area (Å²) in [6, 6.07) is 14.4. The minimum Gasteiger partial charge on any atom is -0.478 e. The van der Waals surface area contributed by atoms with Gasteiger partial charge in [0, 0.05) is 49.1 Å². The van der Waals surface area contributed by atoms with Crippen LogP contribution in [0.25, 0.3) is 21.9 Å². The lowest BCUT2D eigenvalue weighted by molar-refractivity contribution is 0.237. The zero-order valence-electron chi connectivity index (χ0n) is 18.3. The number of H-pyrrole nitrogens is 1. The third-order valence-electron chi connectivity index (χ3n) is 6.04. The predicted molar refractivity (Wildman–Crippen MR) is 127 cm³/mol. The van der Waals surface area contributed by atoms with E-state index in [0.717, 1.165) is 67.5 Å². The number of hydrogen-bond donors (Lipinski definition) is 1. The number of aromatic nitrogens is 3. The lowest BCUT2D eigenvalue weighted by Crippen LogP contribution is -2.46. The summed E-state index contributed by atoms with van der Waals surface area (Å²) in [4.78, 5) is 27.7. The van der Waals surface area contributed by atoms with E-state index in [0.29, 0.717) is 18.1 Å². The number of nitrogens with zero attached hydrogens (tertiary/aromatic N) is 4. The highest BCUT2D eigenvalue weighted by molar-refractivity contribution is 5.90. The molecule has 0 bridgehead atoms. The monoisotopic (exact) mass is 447 g/mol. The molecular formula is C25H26FN5O2. The summed E-state index contributed by atoms with van der Waals surface area (Å²) >= 11 is 0. The van der Waals surface area contributed by atoms with Crippen LogP contribution >= 0.6 is 0 Å². The van der Waals surface area contributed by atoms with Gasteiger partial charge in [0.1, 0.15) is 11.5 Å². The molecule has 0 aliphatic carbocycles. The molecule has 1 aliphatic heterocycles. The maximum Gasteiger partial charge on any atom is 0.249 e. The molecule has 1 aromatic carbocycles. The number of ether oxygens (including phenoxy) is 1. The van der Waals surface area contributed by atoms with E-state index in [4.69, 9.17) is 4.74 Å². The second-order valence-electron chi connectivity index (χ2n) is 8.30. The maximum absolute atomic E-state index is 13.5. The van der Waals surface area contributed by atoms with E-state index in [2.05, 4.69) is 30.8 Å². The van der Waals surface area contributed by atoms with Crippen LogP contribution in [0.15, 0.2) is 59.5 Å². The zero-order chi connectivity index (χ0) is 22.6. The van der Waals surface area contributed by atoms with E-state index in [1.807, 2.05) is 24.3 Å². The number of benzene rings is 1. The fraction of sp³-hybridized carbons (Fsp3) is 0.320. The fourth-order valence-corrected chi connectivity index (χ4v) is 4.29. The third-order valence-corrected chi connectivity index (χ3v) is 6.04. The number of nitrogens with one attached hydrogen (secondary N) is 1. The van der Waals surface area contributed by atoms with Crippen molar-refractivity contribution in [2.24, 2.45) is 0 Å². The highest BCUT2D eigenvalue weighted by atomic mass is 19.1. The first-order chi connectivity index (χ1) is 16.2. The summed E-state index contributed by atoms with van der Waals surface area (Å²) < 4.78 is 19.3. The summed E-state index contributed by atoms with van der Waals surface area (Å²) in [5, 5.41) is 1.72. The largest absolute Gasteiger partial charge is 0.478 e. The van der Waals surface area contributed by atoms with Crippen LogP contribution < -0.4 is 15.2 Å². The zero-order valence-corrected chi connectivity index (χ0v) is 18.3. The number of piperazine rings is 1. The molecule has 0 radical (unpaired) electrons. The van der Waals surface area contributed by atoms with Crippen LogP contribution in [0.4, 0.5) is 10.1 Å². The summed E-state index contributed by atoms with van der Waals surface area (Å²) in [7, 11) is 0. The first-order valence-corrected chi connectivity index (χ1v) is 11.3. The number of para-hydroxylation sites is 1. The van der Waals surface area contributed by atoms with E-state index in [-0.39, 0.29) is 11.4 Å². The Kier molecular flexibility index (Phi) is 6.17. The van der Waals surface area contributed by atoms with Gasteiger partial charge in [0.15, 0.2) is 0 Å². The quantitative estimate of drug-likeness (QED) is 0.437. The van der Waals surface area contributed by atoms with Gasteiger partial charge in [0.25, 0.3) is 0 Å². The van der Waals surface area contributed by atoms with Crippen molar-refractivity contribution < 1.29 is 9.13 Å². The SMILES string of the molecule is O=c1ccc2ccc(OCCCCN3CCN(c4cccc5cc(F)cnc45)CC3)nc2[nH]1. The van der Waals surface area contributed by atoms with Crippen molar-refractivity contribution in [1.82, 2.24) is 19.9 Å². The Morgan fingerprint density at radius 2 is 1.85 bits per heavy atom. The second kappa shape index (κ2) is 9.54. The van der Waals surface area contributed by atoms with Gasteiger partial charge in [-0.15, -0.1) is 0 Å². The molecule has 5 rings (SSSR count). The number of anilines is 1. The number of hydrogen-bond acceptors (Lipinski definition) is 6. The molecule has 1 saturated heterocycles. The molecule has 33 heavy (non-hydrogen) atoms. The summed E-state index contributed by atoms with van der Waals surface area (Å²) in [6.07, 6.45) is 3.26. The minimum absolute atomic E-state index is 0.169. The molecule has 4 aromatic rings. The molecule has 3 aromatic heterocycles. The van der Waals surface area contributed by atoms with Gasteiger partial charge >= 0.3 is 0 Å². The van der Waals surface area contributed by atoms with Gasteiger partial charge in [0.05, 0.1) is 24.0 Å². The van der Waals surface area contributed by atoms with E-state index in [9.17, 15) is 9.18 Å². The average Bonchev–Trinajstić information content (AvgIpc) is 2.83. The van der Waals surface area contributed by atoms with Crippen molar-refractivity contribution in [2.45, 2.75) is 12.8 Å². The highest BCUT2D eigenvalue weighted by Crippen LogP contribution is 2.26. The lowest BCUT2D eigenvalue weighted by atomic mass is 10.1. The van der Waals surface area contributed by atoms with Gasteiger partial charge in [-0.1, -0.05) is 12.1 Å². The fourth-order valence-electron chi connectivity index (χ4n) is 4.29. The number of rotatable bonds is 7. The van der Waals surface area contributed by atoms with Crippen molar-refractivity contribution in [3.8, 4) is 5.88 Å². The van der Waals surface area contributed by atoms with Crippen LogP contribution in [0, 0.1) is 5.82 Å². The van der Waals surface area contributed by atoms with E-state index >= 15 is 0 Å². The molecule has 0 spiro atoms. The molecule has 0 amide bonds. The van der Waals surface area contributed by atoms with Crippen molar-refractivity contribution in [2.75, 3.05) is 44.2 Å². The molecule has 1 fully saturated rings. The Hall–Kier alpha value is -3.52. The Bertz CT molecular complexity index is 1320. The number of pyridine rings is 3. The van der Waals surface area contributed by atoms with Crippen LogP contribution in [-0.4, -0.2) is 59.2 Å². The molecular weight excluding hydrogens is 421 g/mol. The van der Waals surface area contributed by atoms with Crippen LogP contribution in [0.1, 0.15) is 12.8 Å². The van der Waals surface area contributed by atoms with Gasteiger partial charge in [-0.05, 0) is 43.7 Å². The van der Waals surface area contributed by atoms with Crippen LogP contribution in [0.5, 0.6) is 5.88 Å². The Morgan fingerprint density at radius 1 is 1.00 bits per heavy atom. The first kappa shape index (κ1) is 21.3. The van der Waals surface area contributed by atoms with E-state index < -0.39 is 0 Å².